The fourth-order valence-corrected chi connectivity index (χ4v) is 7.35. The molecule has 1 N–H and O–H groups in total. The zero-order valence-corrected chi connectivity index (χ0v) is 33.4. The SMILES string of the molecule is C=C(CC(NC1CCN(C)CC1)C(=O)N(CCCCCCCC)CCCCCCCC)N(CCCCCCCC)CCCCCCCC. The Hall–Kier alpha value is -1.07. The van der Waals surface area contributed by atoms with Crippen molar-refractivity contribution in [3.63, 3.8) is 0 Å². The maximum absolute atomic E-state index is 14.6. The number of likely N-dealkylation sites (tertiary alicyclic amines) is 1. The second-order valence-electron chi connectivity index (χ2n) is 15.5. The Morgan fingerprint density at radius 3 is 1.29 bits per heavy atom. The predicted molar refractivity (Wildman–Crippen MR) is 213 cm³/mol. The molecule has 0 radical (unpaired) electrons. The van der Waals surface area contributed by atoms with Gasteiger partial charge in [-0.15, -0.1) is 0 Å². The standard InChI is InChI=1S/C43H86N4O/c1-7-11-15-19-23-27-33-46(34-28-24-20-16-12-8-2)40(5)39-42(44-41-31-37-45(6)38-32-41)43(48)47(35-29-25-21-17-13-9-3)36-30-26-22-18-14-10-4/h41-42,44H,5,7-39H2,1-4,6H3. The molecule has 0 aromatic carbocycles. The second kappa shape index (κ2) is 31.9. The van der Waals surface area contributed by atoms with Crippen molar-refractivity contribution >= 4 is 5.91 Å². The normalized spacial score (nSPS) is 14.8. The van der Waals surface area contributed by atoms with Gasteiger partial charge in [-0.1, -0.05) is 163 Å². The van der Waals surface area contributed by atoms with Crippen molar-refractivity contribution in [2.24, 2.45) is 0 Å². The summed E-state index contributed by atoms with van der Waals surface area (Å²) in [5, 5.41) is 3.95. The van der Waals surface area contributed by atoms with E-state index in [2.05, 4.69) is 54.8 Å². The van der Waals surface area contributed by atoms with Crippen molar-refractivity contribution in [1.82, 2.24) is 20.0 Å². The highest BCUT2D eigenvalue weighted by Gasteiger charge is 2.29. The monoisotopic (exact) mass is 675 g/mol. The molecule has 0 spiro atoms. The molecule has 284 valence electrons. The Morgan fingerprint density at radius 2 is 0.917 bits per heavy atom. The number of piperidine rings is 1. The molecule has 5 nitrogen and oxygen atoms in total. The lowest BCUT2D eigenvalue weighted by Crippen LogP contribution is -2.53. The minimum atomic E-state index is -0.164. The topological polar surface area (TPSA) is 38.8 Å². The molecular formula is C43H86N4O. The first-order valence-electron chi connectivity index (χ1n) is 21.6. The molecule has 1 unspecified atom stereocenters. The Balaban J connectivity index is 3.01. The van der Waals surface area contributed by atoms with E-state index in [1.807, 2.05) is 0 Å². The van der Waals surface area contributed by atoms with Gasteiger partial charge in [0.15, 0.2) is 0 Å². The van der Waals surface area contributed by atoms with Crippen LogP contribution in [0.2, 0.25) is 0 Å². The molecule has 0 saturated carbocycles. The molecule has 1 aliphatic heterocycles. The highest BCUT2D eigenvalue weighted by molar-refractivity contribution is 5.82. The van der Waals surface area contributed by atoms with Crippen LogP contribution in [0.5, 0.6) is 0 Å². The van der Waals surface area contributed by atoms with E-state index in [-0.39, 0.29) is 6.04 Å². The van der Waals surface area contributed by atoms with Gasteiger partial charge >= 0.3 is 0 Å². The molecule has 0 bridgehead atoms. The summed E-state index contributed by atoms with van der Waals surface area (Å²) in [4.78, 5) is 21.9. The Morgan fingerprint density at radius 1 is 0.583 bits per heavy atom. The maximum Gasteiger partial charge on any atom is 0.240 e. The minimum Gasteiger partial charge on any atom is -0.375 e. The van der Waals surface area contributed by atoms with Crippen LogP contribution in [0.25, 0.3) is 0 Å². The first kappa shape index (κ1) is 45.0. The van der Waals surface area contributed by atoms with E-state index in [0.29, 0.717) is 11.9 Å². The van der Waals surface area contributed by atoms with Crippen LogP contribution in [-0.2, 0) is 4.79 Å². The summed E-state index contributed by atoms with van der Waals surface area (Å²) in [5.41, 5.74) is 1.19. The summed E-state index contributed by atoms with van der Waals surface area (Å²) in [5.74, 6) is 0.344. The molecule has 48 heavy (non-hydrogen) atoms. The molecule has 1 heterocycles. The van der Waals surface area contributed by atoms with Crippen molar-refractivity contribution in [2.45, 2.75) is 213 Å². The molecule has 5 heteroatoms. The van der Waals surface area contributed by atoms with Crippen molar-refractivity contribution in [1.29, 1.82) is 0 Å². The van der Waals surface area contributed by atoms with Gasteiger partial charge in [0.2, 0.25) is 5.91 Å². The van der Waals surface area contributed by atoms with Gasteiger partial charge in [-0.3, -0.25) is 4.79 Å². The summed E-state index contributed by atoms with van der Waals surface area (Å²) >= 11 is 0. The highest BCUT2D eigenvalue weighted by Crippen LogP contribution is 2.20. The summed E-state index contributed by atoms with van der Waals surface area (Å²) in [6, 6.07) is 0.251. The molecule has 1 amide bonds. The zero-order chi connectivity index (χ0) is 35.1. The highest BCUT2D eigenvalue weighted by atomic mass is 16.2. The molecule has 1 rings (SSSR count). The van der Waals surface area contributed by atoms with E-state index >= 15 is 0 Å². The van der Waals surface area contributed by atoms with Crippen LogP contribution in [0.15, 0.2) is 12.3 Å². The fraction of sp³-hybridized carbons (Fsp3) is 0.930. The Bertz CT molecular complexity index is 702. The Labute approximate surface area is 301 Å². The zero-order valence-electron chi connectivity index (χ0n) is 33.4. The number of unbranched alkanes of at least 4 members (excludes halogenated alkanes) is 20. The number of carbonyl (C=O) groups is 1. The van der Waals surface area contributed by atoms with Crippen molar-refractivity contribution in [3.05, 3.63) is 12.3 Å². The number of rotatable bonds is 34. The fourth-order valence-electron chi connectivity index (χ4n) is 7.35. The summed E-state index contributed by atoms with van der Waals surface area (Å²) in [6.45, 7) is 20.1. The van der Waals surface area contributed by atoms with Crippen molar-refractivity contribution in [3.8, 4) is 0 Å². The van der Waals surface area contributed by atoms with Crippen LogP contribution >= 0.6 is 0 Å². The van der Waals surface area contributed by atoms with E-state index in [4.69, 9.17) is 6.58 Å². The minimum absolute atomic E-state index is 0.164. The molecule has 0 aliphatic carbocycles. The number of nitrogens with zero attached hydrogens (tertiary/aromatic N) is 3. The average Bonchev–Trinajstić information content (AvgIpc) is 3.09. The van der Waals surface area contributed by atoms with Gasteiger partial charge in [-0.2, -0.15) is 0 Å². The van der Waals surface area contributed by atoms with Crippen LogP contribution in [0.4, 0.5) is 0 Å². The molecule has 1 saturated heterocycles. The second-order valence-corrected chi connectivity index (χ2v) is 15.5. The smallest absolute Gasteiger partial charge is 0.240 e. The average molecular weight is 675 g/mol. The van der Waals surface area contributed by atoms with Crippen molar-refractivity contribution < 1.29 is 4.79 Å². The van der Waals surface area contributed by atoms with Crippen LogP contribution in [-0.4, -0.2) is 79.0 Å². The summed E-state index contributed by atoms with van der Waals surface area (Å²) in [6.07, 6.45) is 34.0. The van der Waals surface area contributed by atoms with Crippen LogP contribution < -0.4 is 5.32 Å². The Kier molecular flexibility index (Phi) is 29.9. The van der Waals surface area contributed by atoms with E-state index in [1.165, 1.54) is 147 Å². The quantitative estimate of drug-likeness (QED) is 0.0690. The number of carbonyl (C=O) groups excluding carboxylic acids is 1. The van der Waals surface area contributed by atoms with Gasteiger partial charge in [-0.05, 0) is 58.7 Å². The van der Waals surface area contributed by atoms with E-state index in [9.17, 15) is 4.79 Å². The van der Waals surface area contributed by atoms with Crippen LogP contribution in [0.1, 0.15) is 201 Å². The number of hydrogen-bond acceptors (Lipinski definition) is 4. The molecule has 1 fully saturated rings. The van der Waals surface area contributed by atoms with Gasteiger partial charge in [0, 0.05) is 44.3 Å². The van der Waals surface area contributed by atoms with E-state index < -0.39 is 0 Å². The number of hydrogen-bond donors (Lipinski definition) is 1. The molecular weight excluding hydrogens is 589 g/mol. The van der Waals surface area contributed by atoms with Crippen LogP contribution in [0, 0.1) is 0 Å². The molecule has 0 aromatic heterocycles. The summed E-state index contributed by atoms with van der Waals surface area (Å²) < 4.78 is 0. The first-order valence-corrected chi connectivity index (χ1v) is 21.6. The summed E-state index contributed by atoms with van der Waals surface area (Å²) in [7, 11) is 2.23. The van der Waals surface area contributed by atoms with Gasteiger partial charge in [0.25, 0.3) is 0 Å². The third-order valence-electron chi connectivity index (χ3n) is 10.8. The number of amides is 1. The van der Waals surface area contributed by atoms with Crippen molar-refractivity contribution in [2.75, 3.05) is 46.3 Å². The van der Waals surface area contributed by atoms with E-state index in [1.54, 1.807) is 0 Å². The van der Waals surface area contributed by atoms with Gasteiger partial charge < -0.3 is 20.0 Å². The maximum atomic E-state index is 14.6. The first-order chi connectivity index (χ1) is 23.5. The lowest BCUT2D eigenvalue weighted by atomic mass is 10.0. The lowest BCUT2D eigenvalue weighted by Gasteiger charge is -2.36. The third kappa shape index (κ3) is 23.4. The van der Waals surface area contributed by atoms with E-state index in [0.717, 1.165) is 71.4 Å². The van der Waals surface area contributed by atoms with Crippen LogP contribution in [0.3, 0.4) is 0 Å². The molecule has 1 atom stereocenters. The molecule has 1 aliphatic rings. The molecule has 0 aromatic rings. The largest absolute Gasteiger partial charge is 0.375 e. The lowest BCUT2D eigenvalue weighted by molar-refractivity contribution is -0.134. The predicted octanol–water partition coefficient (Wildman–Crippen LogP) is 11.5. The third-order valence-corrected chi connectivity index (χ3v) is 10.8. The number of nitrogens with one attached hydrogen (secondary N) is 1. The van der Waals surface area contributed by atoms with Gasteiger partial charge in [0.05, 0.1) is 6.04 Å². The van der Waals surface area contributed by atoms with Gasteiger partial charge in [-0.25, -0.2) is 0 Å². The van der Waals surface area contributed by atoms with Gasteiger partial charge in [0.1, 0.15) is 0 Å².